The predicted octanol–water partition coefficient (Wildman–Crippen LogP) is 6.12. The van der Waals surface area contributed by atoms with E-state index in [9.17, 15) is 9.59 Å². The lowest BCUT2D eigenvalue weighted by molar-refractivity contribution is -0.138. The predicted molar refractivity (Wildman–Crippen MR) is 132 cm³/mol. The summed E-state index contributed by atoms with van der Waals surface area (Å²) in [5.41, 5.74) is 0.697. The fourth-order valence-electron chi connectivity index (χ4n) is 7.88. The molecule has 1 aliphatic heterocycles. The van der Waals surface area contributed by atoms with Gasteiger partial charge >= 0.3 is 6.03 Å². The molecular weight excluding hydrogens is 457 g/mol. The van der Waals surface area contributed by atoms with Crippen molar-refractivity contribution in [2.24, 2.45) is 28.6 Å². The Balaban J connectivity index is 1.31. The SMILES string of the molecule is CN1C(=O)C=C[C@]2(C)C3CC[C@@]4(C)C(CC[C@@H]4NC(=O)Nc4ccc(Cl)cc4Cl)C3CC[C@@H]12. The summed E-state index contributed by atoms with van der Waals surface area (Å²) in [5, 5.41) is 7.15. The molecule has 1 aromatic carbocycles. The minimum absolute atomic E-state index is 0.0428. The summed E-state index contributed by atoms with van der Waals surface area (Å²) in [6.45, 7) is 4.74. The van der Waals surface area contributed by atoms with Crippen molar-refractivity contribution in [3.63, 3.8) is 0 Å². The summed E-state index contributed by atoms with van der Waals surface area (Å²) >= 11 is 12.2. The van der Waals surface area contributed by atoms with Crippen molar-refractivity contribution in [2.45, 2.75) is 64.5 Å². The van der Waals surface area contributed by atoms with Gasteiger partial charge < -0.3 is 15.5 Å². The van der Waals surface area contributed by atoms with Crippen molar-refractivity contribution < 1.29 is 9.59 Å². The smallest absolute Gasteiger partial charge is 0.319 e. The molecule has 178 valence electrons. The first-order valence-corrected chi connectivity index (χ1v) is 12.9. The van der Waals surface area contributed by atoms with E-state index in [-0.39, 0.29) is 28.8 Å². The van der Waals surface area contributed by atoms with Crippen molar-refractivity contribution >= 4 is 40.8 Å². The number of carbonyl (C=O) groups is 2. The van der Waals surface area contributed by atoms with Crippen LogP contribution in [0.4, 0.5) is 10.5 Å². The average Bonchev–Trinajstić information content (AvgIpc) is 3.09. The number of amides is 3. The summed E-state index contributed by atoms with van der Waals surface area (Å²) in [7, 11) is 1.96. The van der Waals surface area contributed by atoms with Crippen LogP contribution >= 0.6 is 23.2 Å². The van der Waals surface area contributed by atoms with Gasteiger partial charge in [0.1, 0.15) is 0 Å². The Labute approximate surface area is 206 Å². The molecule has 0 saturated heterocycles. The quantitative estimate of drug-likeness (QED) is 0.525. The molecule has 3 unspecified atom stereocenters. The molecule has 3 fully saturated rings. The highest BCUT2D eigenvalue weighted by Crippen LogP contribution is 2.63. The van der Waals surface area contributed by atoms with Gasteiger partial charge in [-0.25, -0.2) is 4.79 Å². The fourth-order valence-corrected chi connectivity index (χ4v) is 8.34. The third-order valence-electron chi connectivity index (χ3n) is 9.61. The van der Waals surface area contributed by atoms with Gasteiger partial charge in [0.05, 0.1) is 10.7 Å². The maximum Gasteiger partial charge on any atom is 0.319 e. The molecular formula is C26H33Cl2N3O2. The van der Waals surface area contributed by atoms with Crippen LogP contribution in [-0.2, 0) is 4.79 Å². The van der Waals surface area contributed by atoms with Crippen LogP contribution in [0.5, 0.6) is 0 Å². The standard InChI is InChI=1S/C26H33Cl2N3O2/c1-25-12-10-18-16(5-9-22-26(18,2)13-11-23(32)31(22)3)17(25)6-8-21(25)30-24(33)29-20-7-4-15(27)14-19(20)28/h4,7,11,13-14,16-18,21-22H,5-6,8-10,12H2,1-3H3,(H2,29,30,33)/t16?,17?,18?,21-,22+,25-,26+/m0/s1. The lowest BCUT2D eigenvalue weighted by Gasteiger charge is -2.60. The largest absolute Gasteiger partial charge is 0.338 e. The van der Waals surface area contributed by atoms with Gasteiger partial charge in [0.25, 0.3) is 0 Å². The minimum Gasteiger partial charge on any atom is -0.338 e. The summed E-state index contributed by atoms with van der Waals surface area (Å²) in [6, 6.07) is 5.32. The summed E-state index contributed by atoms with van der Waals surface area (Å²) in [5.74, 6) is 1.95. The number of hydrogen-bond donors (Lipinski definition) is 2. The first-order valence-electron chi connectivity index (χ1n) is 12.1. The Morgan fingerprint density at radius 3 is 2.64 bits per heavy atom. The van der Waals surface area contributed by atoms with E-state index in [2.05, 4.69) is 30.6 Å². The van der Waals surface area contributed by atoms with Gasteiger partial charge in [-0.05, 0) is 86.0 Å². The van der Waals surface area contributed by atoms with E-state index >= 15 is 0 Å². The number of urea groups is 1. The number of nitrogens with zero attached hydrogens (tertiary/aromatic N) is 1. The van der Waals surface area contributed by atoms with Gasteiger partial charge in [-0.2, -0.15) is 0 Å². The number of benzene rings is 1. The highest BCUT2D eigenvalue weighted by molar-refractivity contribution is 6.36. The molecule has 33 heavy (non-hydrogen) atoms. The number of hydrogen-bond acceptors (Lipinski definition) is 2. The van der Waals surface area contributed by atoms with E-state index in [1.165, 1.54) is 0 Å². The van der Waals surface area contributed by atoms with Crippen LogP contribution in [0.3, 0.4) is 0 Å². The van der Waals surface area contributed by atoms with Gasteiger partial charge in [0, 0.05) is 29.6 Å². The fraction of sp³-hybridized carbons (Fsp3) is 0.615. The molecule has 3 aliphatic carbocycles. The minimum atomic E-state index is -0.209. The van der Waals surface area contributed by atoms with Crippen LogP contribution in [0, 0.1) is 28.6 Å². The number of likely N-dealkylation sites (N-methyl/N-ethyl adjacent to an activating group) is 1. The molecule has 3 saturated carbocycles. The molecule has 1 heterocycles. The van der Waals surface area contributed by atoms with Crippen molar-refractivity contribution in [3.05, 3.63) is 40.4 Å². The van der Waals surface area contributed by atoms with Crippen LogP contribution in [0.15, 0.2) is 30.4 Å². The van der Waals surface area contributed by atoms with Crippen LogP contribution in [-0.4, -0.2) is 36.0 Å². The average molecular weight is 490 g/mol. The maximum absolute atomic E-state index is 12.9. The maximum atomic E-state index is 12.9. The van der Waals surface area contributed by atoms with E-state index in [1.807, 2.05) is 11.9 Å². The molecule has 1 aromatic rings. The molecule has 7 heteroatoms. The monoisotopic (exact) mass is 489 g/mol. The van der Waals surface area contributed by atoms with Gasteiger partial charge in [-0.15, -0.1) is 0 Å². The van der Waals surface area contributed by atoms with Crippen molar-refractivity contribution in [1.29, 1.82) is 0 Å². The second-order valence-electron chi connectivity index (χ2n) is 11.0. The number of rotatable bonds is 2. The number of halogens is 2. The molecule has 0 bridgehead atoms. The number of carbonyl (C=O) groups excluding carboxylic acids is 2. The molecule has 0 radical (unpaired) electrons. The van der Waals surface area contributed by atoms with E-state index < -0.39 is 0 Å². The van der Waals surface area contributed by atoms with Crippen LogP contribution < -0.4 is 10.6 Å². The number of fused-ring (bicyclic) bond motifs is 5. The normalized spacial score (nSPS) is 39.5. The summed E-state index contributed by atoms with van der Waals surface area (Å²) in [6.07, 6.45) is 10.6. The van der Waals surface area contributed by atoms with E-state index in [0.717, 1.165) is 38.5 Å². The van der Waals surface area contributed by atoms with Gasteiger partial charge in [0.2, 0.25) is 5.91 Å². The molecule has 2 N–H and O–H groups in total. The van der Waals surface area contributed by atoms with Crippen LogP contribution in [0.1, 0.15) is 52.4 Å². The van der Waals surface area contributed by atoms with Crippen LogP contribution in [0.25, 0.3) is 0 Å². The number of nitrogens with one attached hydrogen (secondary N) is 2. The second-order valence-corrected chi connectivity index (χ2v) is 11.9. The zero-order chi connectivity index (χ0) is 23.5. The number of anilines is 1. The molecule has 0 aromatic heterocycles. The van der Waals surface area contributed by atoms with Gasteiger partial charge in [-0.3, -0.25) is 4.79 Å². The van der Waals surface area contributed by atoms with E-state index in [1.54, 1.807) is 24.3 Å². The topological polar surface area (TPSA) is 61.4 Å². The first-order chi connectivity index (χ1) is 15.6. The van der Waals surface area contributed by atoms with Gasteiger partial charge in [0.15, 0.2) is 0 Å². The Morgan fingerprint density at radius 1 is 1.09 bits per heavy atom. The zero-order valence-electron chi connectivity index (χ0n) is 19.5. The lowest BCUT2D eigenvalue weighted by atomic mass is 9.48. The third kappa shape index (κ3) is 3.67. The summed E-state index contributed by atoms with van der Waals surface area (Å²) in [4.78, 5) is 27.1. The van der Waals surface area contributed by atoms with Crippen LogP contribution in [0.2, 0.25) is 10.0 Å². The molecule has 5 rings (SSSR count). The highest BCUT2D eigenvalue weighted by atomic mass is 35.5. The van der Waals surface area contributed by atoms with Crippen molar-refractivity contribution in [1.82, 2.24) is 10.2 Å². The lowest BCUT2D eigenvalue weighted by Crippen LogP contribution is -2.60. The second kappa shape index (κ2) is 8.20. The van der Waals surface area contributed by atoms with Gasteiger partial charge in [-0.1, -0.05) is 43.1 Å². The Kier molecular flexibility index (Phi) is 5.72. The molecule has 3 amide bonds. The van der Waals surface area contributed by atoms with Crippen molar-refractivity contribution in [3.8, 4) is 0 Å². The first kappa shape index (κ1) is 23.0. The summed E-state index contributed by atoms with van der Waals surface area (Å²) < 4.78 is 0. The Hall–Kier alpha value is -1.72. The molecule has 5 nitrogen and oxygen atoms in total. The zero-order valence-corrected chi connectivity index (χ0v) is 21.0. The molecule has 7 atom stereocenters. The van der Waals surface area contributed by atoms with E-state index in [4.69, 9.17) is 23.2 Å². The van der Waals surface area contributed by atoms with E-state index in [0.29, 0.717) is 39.5 Å². The van der Waals surface area contributed by atoms with Crippen molar-refractivity contribution in [2.75, 3.05) is 12.4 Å². The third-order valence-corrected chi connectivity index (χ3v) is 10.2. The Bertz CT molecular complexity index is 1010. The molecule has 4 aliphatic rings. The molecule has 0 spiro atoms. The Morgan fingerprint density at radius 2 is 1.88 bits per heavy atom. The highest BCUT2D eigenvalue weighted by Gasteiger charge is 2.60.